The van der Waals surface area contributed by atoms with Crippen LogP contribution in [0.5, 0.6) is 0 Å². The molecular weight excluding hydrogens is 374 g/mol. The zero-order chi connectivity index (χ0) is 20.1. The second-order valence-electron chi connectivity index (χ2n) is 7.35. The minimum atomic E-state index is -0.127. The largest absolute Gasteiger partial charge is 0.337 e. The van der Waals surface area contributed by atoms with Crippen molar-refractivity contribution in [1.29, 1.82) is 0 Å². The standard InChI is InChI=1S/C22H26ClN3O2/c1-16(2)17-6-10-20(11-7-17)24-22(28)26-13-3-12-25(14-15-26)21(27)18-4-8-19(23)9-5-18/h4-11,16H,3,12-15H2,1-2H3,(H,24,28). The molecule has 1 aliphatic rings. The Morgan fingerprint density at radius 2 is 1.50 bits per heavy atom. The summed E-state index contributed by atoms with van der Waals surface area (Å²) in [5.74, 6) is 0.433. The molecule has 0 aromatic heterocycles. The van der Waals surface area contributed by atoms with E-state index in [1.165, 1.54) is 5.56 Å². The Balaban J connectivity index is 1.57. The smallest absolute Gasteiger partial charge is 0.321 e. The summed E-state index contributed by atoms with van der Waals surface area (Å²) >= 11 is 5.90. The number of carbonyl (C=O) groups is 2. The number of carbonyl (C=O) groups excluding carboxylic acids is 2. The maximum absolute atomic E-state index is 12.7. The number of hydrogen-bond acceptors (Lipinski definition) is 2. The fourth-order valence-electron chi connectivity index (χ4n) is 3.25. The number of benzene rings is 2. The lowest BCUT2D eigenvalue weighted by molar-refractivity contribution is 0.0762. The van der Waals surface area contributed by atoms with E-state index >= 15 is 0 Å². The Morgan fingerprint density at radius 3 is 2.14 bits per heavy atom. The summed E-state index contributed by atoms with van der Waals surface area (Å²) in [5.41, 5.74) is 2.64. The van der Waals surface area contributed by atoms with Crippen LogP contribution in [0, 0.1) is 0 Å². The predicted molar refractivity (Wildman–Crippen MR) is 113 cm³/mol. The molecule has 0 bridgehead atoms. The van der Waals surface area contributed by atoms with E-state index in [0.717, 1.165) is 12.1 Å². The number of amides is 3. The van der Waals surface area contributed by atoms with Crippen molar-refractivity contribution in [2.24, 2.45) is 0 Å². The van der Waals surface area contributed by atoms with E-state index in [2.05, 4.69) is 19.2 Å². The molecule has 0 radical (unpaired) electrons. The quantitative estimate of drug-likeness (QED) is 0.802. The molecule has 0 atom stereocenters. The number of rotatable bonds is 3. The van der Waals surface area contributed by atoms with Crippen molar-refractivity contribution in [3.63, 3.8) is 0 Å². The molecular formula is C22H26ClN3O2. The van der Waals surface area contributed by atoms with Crippen LogP contribution in [0.15, 0.2) is 48.5 Å². The molecule has 0 saturated carbocycles. The Kier molecular flexibility index (Phi) is 6.57. The zero-order valence-electron chi connectivity index (χ0n) is 16.3. The van der Waals surface area contributed by atoms with Crippen molar-refractivity contribution >= 4 is 29.2 Å². The topological polar surface area (TPSA) is 52.7 Å². The number of urea groups is 1. The highest BCUT2D eigenvalue weighted by atomic mass is 35.5. The highest BCUT2D eigenvalue weighted by Gasteiger charge is 2.23. The Bertz CT molecular complexity index is 819. The number of hydrogen-bond donors (Lipinski definition) is 1. The summed E-state index contributed by atoms with van der Waals surface area (Å²) in [6.07, 6.45) is 0.749. The minimum Gasteiger partial charge on any atom is -0.337 e. The van der Waals surface area contributed by atoms with E-state index in [1.54, 1.807) is 34.1 Å². The van der Waals surface area contributed by atoms with E-state index in [1.807, 2.05) is 24.3 Å². The number of anilines is 1. The maximum atomic E-state index is 12.7. The van der Waals surface area contributed by atoms with Crippen LogP contribution in [0.1, 0.15) is 42.1 Å². The molecule has 2 aromatic rings. The van der Waals surface area contributed by atoms with Crippen molar-refractivity contribution < 1.29 is 9.59 Å². The van der Waals surface area contributed by atoms with Gasteiger partial charge in [-0.05, 0) is 54.3 Å². The van der Waals surface area contributed by atoms with Gasteiger partial charge in [-0.3, -0.25) is 4.79 Å². The van der Waals surface area contributed by atoms with Gasteiger partial charge in [-0.2, -0.15) is 0 Å². The Morgan fingerprint density at radius 1 is 0.893 bits per heavy atom. The fourth-order valence-corrected chi connectivity index (χ4v) is 3.38. The van der Waals surface area contributed by atoms with Crippen molar-refractivity contribution in [3.05, 3.63) is 64.7 Å². The van der Waals surface area contributed by atoms with Crippen LogP contribution in [-0.2, 0) is 0 Å². The molecule has 6 heteroatoms. The average Bonchev–Trinajstić information content (AvgIpc) is 2.95. The molecule has 1 fully saturated rings. The fraction of sp³-hybridized carbons (Fsp3) is 0.364. The normalized spacial score (nSPS) is 14.7. The lowest BCUT2D eigenvalue weighted by Crippen LogP contribution is -2.39. The maximum Gasteiger partial charge on any atom is 0.321 e. The Hall–Kier alpha value is -2.53. The van der Waals surface area contributed by atoms with E-state index in [4.69, 9.17) is 11.6 Å². The van der Waals surface area contributed by atoms with E-state index in [-0.39, 0.29) is 11.9 Å². The van der Waals surface area contributed by atoms with Gasteiger partial charge in [-0.1, -0.05) is 37.6 Å². The Labute approximate surface area is 171 Å². The van der Waals surface area contributed by atoms with Crippen LogP contribution in [-0.4, -0.2) is 47.9 Å². The van der Waals surface area contributed by atoms with Crippen LogP contribution < -0.4 is 5.32 Å². The third-order valence-electron chi connectivity index (χ3n) is 4.99. The van der Waals surface area contributed by atoms with Crippen molar-refractivity contribution in [3.8, 4) is 0 Å². The van der Waals surface area contributed by atoms with Crippen LogP contribution in [0.4, 0.5) is 10.5 Å². The minimum absolute atomic E-state index is 0.0248. The van der Waals surface area contributed by atoms with Gasteiger partial charge in [0.15, 0.2) is 0 Å². The van der Waals surface area contributed by atoms with Crippen LogP contribution >= 0.6 is 11.6 Å². The van der Waals surface area contributed by atoms with E-state index in [9.17, 15) is 9.59 Å². The van der Waals surface area contributed by atoms with E-state index < -0.39 is 0 Å². The van der Waals surface area contributed by atoms with Gasteiger partial charge in [0.05, 0.1) is 0 Å². The van der Waals surface area contributed by atoms with Gasteiger partial charge in [0, 0.05) is 42.5 Å². The first-order chi connectivity index (χ1) is 13.4. The molecule has 1 saturated heterocycles. The summed E-state index contributed by atoms with van der Waals surface area (Å²) in [4.78, 5) is 28.9. The molecule has 0 spiro atoms. The van der Waals surface area contributed by atoms with Crippen LogP contribution in [0.2, 0.25) is 5.02 Å². The summed E-state index contributed by atoms with van der Waals surface area (Å²) in [6.45, 7) is 6.56. The second kappa shape index (κ2) is 9.11. The van der Waals surface area contributed by atoms with Gasteiger partial charge in [0.2, 0.25) is 0 Å². The molecule has 3 rings (SSSR count). The molecule has 28 heavy (non-hydrogen) atoms. The van der Waals surface area contributed by atoms with Gasteiger partial charge in [-0.25, -0.2) is 4.79 Å². The third kappa shape index (κ3) is 5.04. The highest BCUT2D eigenvalue weighted by molar-refractivity contribution is 6.30. The SMILES string of the molecule is CC(C)c1ccc(NC(=O)N2CCCN(C(=O)c3ccc(Cl)cc3)CC2)cc1. The lowest BCUT2D eigenvalue weighted by atomic mass is 10.0. The van der Waals surface area contributed by atoms with Crippen LogP contribution in [0.25, 0.3) is 0 Å². The van der Waals surface area contributed by atoms with Crippen LogP contribution in [0.3, 0.4) is 0 Å². The molecule has 0 unspecified atom stereocenters. The highest BCUT2D eigenvalue weighted by Crippen LogP contribution is 2.18. The summed E-state index contributed by atoms with van der Waals surface area (Å²) in [5, 5.41) is 3.56. The molecule has 1 heterocycles. The molecule has 3 amide bonds. The van der Waals surface area contributed by atoms with Gasteiger partial charge in [-0.15, -0.1) is 0 Å². The van der Waals surface area contributed by atoms with Crippen molar-refractivity contribution in [2.75, 3.05) is 31.5 Å². The zero-order valence-corrected chi connectivity index (χ0v) is 17.1. The molecule has 2 aromatic carbocycles. The number of nitrogens with one attached hydrogen (secondary N) is 1. The molecule has 1 aliphatic heterocycles. The number of halogens is 1. The number of nitrogens with zero attached hydrogens (tertiary/aromatic N) is 2. The second-order valence-corrected chi connectivity index (χ2v) is 7.78. The first-order valence-corrected chi connectivity index (χ1v) is 10.0. The summed E-state index contributed by atoms with van der Waals surface area (Å²) in [7, 11) is 0. The molecule has 5 nitrogen and oxygen atoms in total. The average molecular weight is 400 g/mol. The van der Waals surface area contributed by atoms with Gasteiger partial charge in [0.25, 0.3) is 5.91 Å². The molecule has 1 N–H and O–H groups in total. The predicted octanol–water partition coefficient (Wildman–Crippen LogP) is 4.84. The first kappa shape index (κ1) is 20.2. The summed E-state index contributed by atoms with van der Waals surface area (Å²) in [6, 6.07) is 14.7. The molecule has 148 valence electrons. The van der Waals surface area contributed by atoms with E-state index in [0.29, 0.717) is 42.7 Å². The van der Waals surface area contributed by atoms with Gasteiger partial charge >= 0.3 is 6.03 Å². The summed E-state index contributed by atoms with van der Waals surface area (Å²) < 4.78 is 0. The molecule has 0 aliphatic carbocycles. The van der Waals surface area contributed by atoms with Gasteiger partial charge < -0.3 is 15.1 Å². The van der Waals surface area contributed by atoms with Crippen molar-refractivity contribution in [1.82, 2.24) is 9.80 Å². The third-order valence-corrected chi connectivity index (χ3v) is 5.24. The van der Waals surface area contributed by atoms with Crippen molar-refractivity contribution in [2.45, 2.75) is 26.2 Å². The van der Waals surface area contributed by atoms with Gasteiger partial charge in [0.1, 0.15) is 0 Å². The lowest BCUT2D eigenvalue weighted by Gasteiger charge is -2.22. The monoisotopic (exact) mass is 399 g/mol. The first-order valence-electron chi connectivity index (χ1n) is 9.65.